The molecule has 0 aliphatic rings. The molecule has 20 heavy (non-hydrogen) atoms. The zero-order valence-corrected chi connectivity index (χ0v) is 11.0. The maximum absolute atomic E-state index is 12.0. The number of hydrogen-bond donors (Lipinski definition) is 2. The Morgan fingerprint density at radius 3 is 2.65 bits per heavy atom. The van der Waals surface area contributed by atoms with Crippen LogP contribution in [-0.2, 0) is 9.53 Å². The van der Waals surface area contributed by atoms with E-state index in [0.717, 1.165) is 5.56 Å². The summed E-state index contributed by atoms with van der Waals surface area (Å²) in [7, 11) is 1.32. The number of H-pyrrole nitrogens is 1. The molecule has 0 bridgehead atoms. The molecular weight excluding hydrogens is 258 g/mol. The van der Waals surface area contributed by atoms with Crippen LogP contribution >= 0.6 is 0 Å². The zero-order valence-electron chi connectivity index (χ0n) is 11.0. The normalized spacial score (nSPS) is 11.7. The molecule has 0 aliphatic heterocycles. The first-order valence-corrected chi connectivity index (χ1v) is 6.12. The lowest BCUT2D eigenvalue weighted by atomic mass is 10.0. The molecule has 1 aromatic heterocycles. The van der Waals surface area contributed by atoms with Gasteiger partial charge in [0.2, 0.25) is 0 Å². The number of carbonyl (C=O) groups excluding carboxylic acids is 2. The summed E-state index contributed by atoms with van der Waals surface area (Å²) in [5, 5.41) is 9.10. The fourth-order valence-corrected chi connectivity index (χ4v) is 1.81. The van der Waals surface area contributed by atoms with Crippen LogP contribution in [0.5, 0.6) is 0 Å². The van der Waals surface area contributed by atoms with Gasteiger partial charge in [0.1, 0.15) is 5.69 Å². The minimum absolute atomic E-state index is 0.0698. The van der Waals surface area contributed by atoms with Crippen molar-refractivity contribution in [1.29, 1.82) is 0 Å². The van der Waals surface area contributed by atoms with Gasteiger partial charge in [-0.3, -0.25) is 14.7 Å². The fraction of sp³-hybridized carbons (Fsp3) is 0.214. The summed E-state index contributed by atoms with van der Waals surface area (Å²) in [6, 6.07) is 10.4. The molecule has 0 saturated carbocycles. The van der Waals surface area contributed by atoms with Gasteiger partial charge in [-0.05, 0) is 11.6 Å². The Hall–Kier alpha value is -2.63. The van der Waals surface area contributed by atoms with Gasteiger partial charge in [0.25, 0.3) is 5.91 Å². The highest BCUT2D eigenvalue weighted by molar-refractivity contribution is 5.92. The molecule has 2 aromatic rings. The Labute approximate surface area is 116 Å². The maximum Gasteiger partial charge on any atom is 0.307 e. The number of nitrogens with one attached hydrogen (secondary N) is 2. The van der Waals surface area contributed by atoms with E-state index in [-0.39, 0.29) is 18.3 Å². The first-order chi connectivity index (χ1) is 9.70. The van der Waals surface area contributed by atoms with E-state index in [1.54, 1.807) is 6.07 Å². The summed E-state index contributed by atoms with van der Waals surface area (Å²) in [6.07, 6.45) is 1.56. The van der Waals surface area contributed by atoms with Crippen molar-refractivity contribution in [3.63, 3.8) is 0 Å². The van der Waals surface area contributed by atoms with E-state index in [4.69, 9.17) is 0 Å². The van der Waals surface area contributed by atoms with Crippen LogP contribution in [-0.4, -0.2) is 29.2 Å². The second kappa shape index (κ2) is 6.51. The zero-order chi connectivity index (χ0) is 14.4. The van der Waals surface area contributed by atoms with Crippen molar-refractivity contribution in [2.24, 2.45) is 0 Å². The fourth-order valence-electron chi connectivity index (χ4n) is 1.81. The Morgan fingerprint density at radius 1 is 1.30 bits per heavy atom. The molecule has 6 heteroatoms. The molecule has 0 fully saturated rings. The number of amides is 1. The molecule has 0 radical (unpaired) electrons. The van der Waals surface area contributed by atoms with E-state index in [1.807, 2.05) is 30.3 Å². The minimum Gasteiger partial charge on any atom is -0.469 e. The summed E-state index contributed by atoms with van der Waals surface area (Å²) in [5.74, 6) is -0.705. The van der Waals surface area contributed by atoms with Gasteiger partial charge in [0.15, 0.2) is 0 Å². The first-order valence-electron chi connectivity index (χ1n) is 6.12. The van der Waals surface area contributed by atoms with Crippen molar-refractivity contribution >= 4 is 11.9 Å². The molecule has 2 N–H and O–H groups in total. The highest BCUT2D eigenvalue weighted by Crippen LogP contribution is 2.17. The van der Waals surface area contributed by atoms with Crippen LogP contribution in [0, 0.1) is 0 Å². The Kier molecular flexibility index (Phi) is 4.49. The molecule has 1 amide bonds. The number of nitrogens with zero attached hydrogens (tertiary/aromatic N) is 1. The number of aromatic amines is 1. The van der Waals surface area contributed by atoms with Gasteiger partial charge in [0, 0.05) is 6.20 Å². The van der Waals surface area contributed by atoms with Crippen LogP contribution in [0.3, 0.4) is 0 Å². The molecule has 104 valence electrons. The van der Waals surface area contributed by atoms with Crippen LogP contribution in [0.4, 0.5) is 0 Å². The molecule has 1 aromatic carbocycles. The number of esters is 1. The molecule has 1 atom stereocenters. The summed E-state index contributed by atoms with van der Waals surface area (Å²) < 4.78 is 4.66. The maximum atomic E-state index is 12.0. The van der Waals surface area contributed by atoms with Crippen LogP contribution < -0.4 is 5.32 Å². The van der Waals surface area contributed by atoms with E-state index in [2.05, 4.69) is 20.3 Å². The second-order valence-corrected chi connectivity index (χ2v) is 4.19. The lowest BCUT2D eigenvalue weighted by molar-refractivity contribution is -0.141. The Bertz CT molecular complexity index is 567. The number of hydrogen-bond acceptors (Lipinski definition) is 4. The van der Waals surface area contributed by atoms with Gasteiger partial charge in [-0.1, -0.05) is 30.3 Å². The predicted molar refractivity (Wildman–Crippen MR) is 71.9 cm³/mol. The van der Waals surface area contributed by atoms with Crippen molar-refractivity contribution in [2.75, 3.05) is 7.11 Å². The highest BCUT2D eigenvalue weighted by atomic mass is 16.5. The van der Waals surface area contributed by atoms with Crippen molar-refractivity contribution < 1.29 is 14.3 Å². The number of benzene rings is 1. The standard InChI is InChI=1S/C14H15N3O3/c1-20-13(18)9-12(10-5-3-2-4-6-10)16-14(19)11-7-8-15-17-11/h2-8,12H,9H2,1H3,(H,15,17)(H,16,19)/t12-/m0/s1. The number of rotatable bonds is 5. The van der Waals surface area contributed by atoms with E-state index in [9.17, 15) is 9.59 Å². The molecule has 0 aliphatic carbocycles. The molecular formula is C14H15N3O3. The first kappa shape index (κ1) is 13.8. The smallest absolute Gasteiger partial charge is 0.307 e. The number of methoxy groups -OCH3 is 1. The number of ether oxygens (including phenoxy) is 1. The van der Waals surface area contributed by atoms with E-state index in [1.165, 1.54) is 13.3 Å². The van der Waals surface area contributed by atoms with Crippen molar-refractivity contribution in [3.05, 3.63) is 53.9 Å². The third kappa shape index (κ3) is 3.44. The number of aromatic nitrogens is 2. The minimum atomic E-state index is -0.445. The van der Waals surface area contributed by atoms with Gasteiger partial charge in [-0.2, -0.15) is 5.10 Å². The van der Waals surface area contributed by atoms with Crippen LogP contribution in [0.15, 0.2) is 42.6 Å². The van der Waals surface area contributed by atoms with E-state index < -0.39 is 6.04 Å². The topological polar surface area (TPSA) is 84.1 Å². The third-order valence-corrected chi connectivity index (χ3v) is 2.85. The SMILES string of the molecule is COC(=O)C[C@H](NC(=O)c1ccn[nH]1)c1ccccc1. The largest absolute Gasteiger partial charge is 0.469 e. The van der Waals surface area contributed by atoms with Crippen molar-refractivity contribution in [1.82, 2.24) is 15.5 Å². The molecule has 1 heterocycles. The van der Waals surface area contributed by atoms with Crippen LogP contribution in [0.25, 0.3) is 0 Å². The summed E-state index contributed by atoms with van der Waals surface area (Å²) >= 11 is 0. The van der Waals surface area contributed by atoms with Crippen LogP contribution in [0.1, 0.15) is 28.5 Å². The summed E-state index contributed by atoms with van der Waals surface area (Å²) in [6.45, 7) is 0. The van der Waals surface area contributed by atoms with Gasteiger partial charge in [-0.25, -0.2) is 0 Å². The third-order valence-electron chi connectivity index (χ3n) is 2.85. The van der Waals surface area contributed by atoms with Gasteiger partial charge in [0.05, 0.1) is 19.6 Å². The average Bonchev–Trinajstić information content (AvgIpc) is 3.01. The Balaban J connectivity index is 2.14. The average molecular weight is 273 g/mol. The quantitative estimate of drug-likeness (QED) is 0.807. The van der Waals surface area contributed by atoms with E-state index in [0.29, 0.717) is 5.69 Å². The lowest BCUT2D eigenvalue weighted by Gasteiger charge is -2.17. The number of carbonyl (C=O) groups is 2. The van der Waals surface area contributed by atoms with Crippen molar-refractivity contribution in [2.45, 2.75) is 12.5 Å². The van der Waals surface area contributed by atoms with Gasteiger partial charge in [-0.15, -0.1) is 0 Å². The molecule has 0 unspecified atom stereocenters. The molecule has 2 rings (SSSR count). The highest BCUT2D eigenvalue weighted by Gasteiger charge is 2.19. The molecule has 0 saturated heterocycles. The predicted octanol–water partition coefficient (Wildman–Crippen LogP) is 1.44. The van der Waals surface area contributed by atoms with Crippen LogP contribution in [0.2, 0.25) is 0 Å². The van der Waals surface area contributed by atoms with Crippen molar-refractivity contribution in [3.8, 4) is 0 Å². The Morgan fingerprint density at radius 2 is 2.05 bits per heavy atom. The second-order valence-electron chi connectivity index (χ2n) is 4.19. The monoisotopic (exact) mass is 273 g/mol. The summed E-state index contributed by atoms with van der Waals surface area (Å²) in [5.41, 5.74) is 1.18. The lowest BCUT2D eigenvalue weighted by Crippen LogP contribution is -2.30. The van der Waals surface area contributed by atoms with E-state index >= 15 is 0 Å². The molecule has 0 spiro atoms. The van der Waals surface area contributed by atoms with Gasteiger partial charge >= 0.3 is 5.97 Å². The van der Waals surface area contributed by atoms with Gasteiger partial charge < -0.3 is 10.1 Å². The summed E-state index contributed by atoms with van der Waals surface area (Å²) in [4.78, 5) is 23.5. The molecule has 6 nitrogen and oxygen atoms in total.